The van der Waals surface area contributed by atoms with Gasteiger partial charge in [-0.2, -0.15) is 0 Å². The van der Waals surface area contributed by atoms with Crippen LogP contribution < -0.4 is 10.6 Å². The minimum absolute atomic E-state index is 0.0666. The van der Waals surface area contributed by atoms with E-state index in [2.05, 4.69) is 20.6 Å². The van der Waals surface area contributed by atoms with Crippen molar-refractivity contribution in [3.63, 3.8) is 0 Å². The van der Waals surface area contributed by atoms with Gasteiger partial charge in [-0.25, -0.2) is 9.98 Å². The largest absolute Gasteiger partial charge is 0.326 e. The van der Waals surface area contributed by atoms with Gasteiger partial charge in [-0.3, -0.25) is 14.4 Å². The average molecular weight is 403 g/mol. The smallest absolute Gasteiger partial charge is 0.269 e. The molecule has 27 heavy (non-hydrogen) atoms. The van der Waals surface area contributed by atoms with Crippen molar-refractivity contribution < 1.29 is 14.4 Å². The highest BCUT2D eigenvalue weighted by molar-refractivity contribution is 7.14. The molecule has 0 bridgehead atoms. The van der Waals surface area contributed by atoms with E-state index in [4.69, 9.17) is 11.6 Å². The van der Waals surface area contributed by atoms with E-state index in [-0.39, 0.29) is 18.2 Å². The van der Waals surface area contributed by atoms with Crippen molar-refractivity contribution in [2.75, 3.05) is 10.6 Å². The van der Waals surface area contributed by atoms with Gasteiger partial charge in [0.25, 0.3) is 5.91 Å². The number of aromatic nitrogens is 1. The van der Waals surface area contributed by atoms with E-state index >= 15 is 0 Å². The number of anilines is 2. The summed E-state index contributed by atoms with van der Waals surface area (Å²) in [5, 5.41) is 8.06. The van der Waals surface area contributed by atoms with Gasteiger partial charge in [0.05, 0.1) is 18.0 Å². The molecule has 0 fully saturated rings. The molecule has 0 radical (unpaired) electrons. The second-order valence-corrected chi connectivity index (χ2v) is 7.09. The van der Waals surface area contributed by atoms with Crippen molar-refractivity contribution in [1.29, 1.82) is 0 Å². The van der Waals surface area contributed by atoms with Gasteiger partial charge in [0.1, 0.15) is 0 Å². The molecule has 9 heteroatoms. The number of aryl methyl sites for hydroxylation is 1. The van der Waals surface area contributed by atoms with Gasteiger partial charge in [-0.15, -0.1) is 11.3 Å². The van der Waals surface area contributed by atoms with Gasteiger partial charge >= 0.3 is 0 Å². The van der Waals surface area contributed by atoms with Crippen molar-refractivity contribution in [2.45, 2.75) is 13.3 Å². The summed E-state index contributed by atoms with van der Waals surface area (Å²) < 4.78 is 0. The van der Waals surface area contributed by atoms with Gasteiger partial charge in [-0.05, 0) is 24.6 Å². The molecule has 1 aromatic carbocycles. The number of aliphatic imine (C=N–C) groups is 1. The molecule has 7 nitrogen and oxygen atoms in total. The summed E-state index contributed by atoms with van der Waals surface area (Å²) >= 11 is 7.26. The molecule has 0 saturated carbocycles. The number of amides is 3. The van der Waals surface area contributed by atoms with Crippen LogP contribution in [0.4, 0.5) is 10.8 Å². The Morgan fingerprint density at radius 1 is 1.30 bits per heavy atom. The number of rotatable bonds is 5. The molecule has 1 unspecified atom stereocenters. The van der Waals surface area contributed by atoms with E-state index in [1.807, 2.05) is 13.0 Å². The summed E-state index contributed by atoms with van der Waals surface area (Å²) in [6.45, 7) is 1.88. The minimum atomic E-state index is -0.621. The van der Waals surface area contributed by atoms with Crippen LogP contribution in [0.1, 0.15) is 11.3 Å². The quantitative estimate of drug-likeness (QED) is 0.802. The van der Waals surface area contributed by atoms with E-state index in [1.165, 1.54) is 29.7 Å². The Labute approximate surface area is 164 Å². The lowest BCUT2D eigenvalue weighted by atomic mass is 10.1. The van der Waals surface area contributed by atoms with E-state index in [9.17, 15) is 14.4 Å². The molecule has 2 heterocycles. The normalized spacial score (nSPS) is 15.6. The number of hydrogen-bond acceptors (Lipinski definition) is 5. The monoisotopic (exact) mass is 402 g/mol. The molecular weight excluding hydrogens is 388 g/mol. The maximum absolute atomic E-state index is 12.2. The molecule has 0 spiro atoms. The fourth-order valence-electron chi connectivity index (χ4n) is 2.26. The Bertz CT molecular complexity index is 951. The van der Waals surface area contributed by atoms with Crippen LogP contribution >= 0.6 is 22.9 Å². The number of dihydropyridines is 1. The molecule has 2 aromatic rings. The predicted octanol–water partition coefficient (Wildman–Crippen LogP) is 3.01. The fourth-order valence-corrected chi connectivity index (χ4v) is 3.16. The molecule has 0 saturated heterocycles. The summed E-state index contributed by atoms with van der Waals surface area (Å²) in [6, 6.07) is 5.28. The van der Waals surface area contributed by atoms with Crippen LogP contribution in [0, 0.1) is 12.8 Å². The van der Waals surface area contributed by atoms with Gasteiger partial charge in [0.2, 0.25) is 11.8 Å². The molecule has 3 amide bonds. The summed E-state index contributed by atoms with van der Waals surface area (Å²) in [4.78, 5) is 43.1. The Morgan fingerprint density at radius 3 is 2.81 bits per heavy atom. The second-order valence-electron chi connectivity index (χ2n) is 5.82. The summed E-state index contributed by atoms with van der Waals surface area (Å²) in [7, 11) is 0. The van der Waals surface area contributed by atoms with E-state index < -0.39 is 11.8 Å². The molecule has 2 N–H and O–H groups in total. The summed E-state index contributed by atoms with van der Waals surface area (Å²) in [5.41, 5.74) is 2.07. The Kier molecular flexibility index (Phi) is 5.78. The summed E-state index contributed by atoms with van der Waals surface area (Å²) in [6.07, 6.45) is 4.07. The Balaban J connectivity index is 1.55. The molecule has 1 aliphatic rings. The molecular formula is C18H15ClN4O3S. The van der Waals surface area contributed by atoms with Crippen LogP contribution in [0.2, 0.25) is 5.02 Å². The van der Waals surface area contributed by atoms with Crippen molar-refractivity contribution in [2.24, 2.45) is 10.9 Å². The molecule has 3 rings (SSSR count). The maximum Gasteiger partial charge on any atom is 0.269 e. The van der Waals surface area contributed by atoms with Crippen LogP contribution in [-0.4, -0.2) is 28.9 Å². The number of benzene rings is 1. The maximum atomic E-state index is 12.2. The molecule has 0 aliphatic carbocycles. The zero-order chi connectivity index (χ0) is 19.4. The van der Waals surface area contributed by atoms with Crippen molar-refractivity contribution in [3.8, 4) is 0 Å². The molecule has 138 valence electrons. The molecule has 1 aliphatic heterocycles. The van der Waals surface area contributed by atoms with E-state index in [0.29, 0.717) is 21.5 Å². The first kappa shape index (κ1) is 18.9. The van der Waals surface area contributed by atoms with Crippen LogP contribution in [0.5, 0.6) is 0 Å². The zero-order valence-electron chi connectivity index (χ0n) is 14.2. The van der Waals surface area contributed by atoms with Gasteiger partial charge < -0.3 is 10.6 Å². The number of carbonyl (C=O) groups is 3. The van der Waals surface area contributed by atoms with Crippen LogP contribution in [-0.2, 0) is 20.8 Å². The highest BCUT2D eigenvalue weighted by atomic mass is 35.5. The summed E-state index contributed by atoms with van der Waals surface area (Å²) in [5.74, 6) is -1.60. The number of hydrogen-bond donors (Lipinski definition) is 2. The van der Waals surface area contributed by atoms with Crippen molar-refractivity contribution in [1.82, 2.24) is 4.98 Å². The fraction of sp³-hybridized carbons (Fsp3) is 0.167. The third kappa shape index (κ3) is 5.08. The van der Waals surface area contributed by atoms with E-state index in [1.54, 1.807) is 17.5 Å². The Hall–Kier alpha value is -2.84. The number of thiazole rings is 1. The van der Waals surface area contributed by atoms with Crippen LogP contribution in [0.15, 0.2) is 40.7 Å². The predicted molar refractivity (Wildman–Crippen MR) is 105 cm³/mol. The number of nitrogens with zero attached hydrogens (tertiary/aromatic N) is 2. The lowest BCUT2D eigenvalue weighted by molar-refractivity contribution is -0.117. The topological polar surface area (TPSA) is 101 Å². The standard InChI is InChI=1S/C18H15ClN4O3S/c1-10-2-4-12(6-14(10)19)21-16(25)7-13-9-27-18(22-13)23-17(26)11-3-5-15(24)20-8-11/h2-6,8-9,11H,7H2,1H3,(H,21,25)(H,22,23,26). The van der Waals surface area contributed by atoms with Crippen LogP contribution in [0.3, 0.4) is 0 Å². The third-order valence-electron chi connectivity index (χ3n) is 3.69. The van der Waals surface area contributed by atoms with Gasteiger partial charge in [0, 0.05) is 28.4 Å². The van der Waals surface area contributed by atoms with E-state index in [0.717, 1.165) is 5.56 Å². The highest BCUT2D eigenvalue weighted by Crippen LogP contribution is 2.21. The second kappa shape index (κ2) is 8.24. The zero-order valence-corrected chi connectivity index (χ0v) is 15.8. The highest BCUT2D eigenvalue weighted by Gasteiger charge is 2.18. The average Bonchev–Trinajstić information content (AvgIpc) is 3.05. The lowest BCUT2D eigenvalue weighted by Gasteiger charge is -2.08. The first-order chi connectivity index (χ1) is 12.9. The minimum Gasteiger partial charge on any atom is -0.326 e. The van der Waals surface area contributed by atoms with Crippen LogP contribution in [0.25, 0.3) is 0 Å². The first-order valence-corrected chi connectivity index (χ1v) is 9.24. The number of nitrogens with one attached hydrogen (secondary N) is 2. The lowest BCUT2D eigenvalue weighted by Crippen LogP contribution is -2.24. The van der Waals surface area contributed by atoms with Gasteiger partial charge in [0.15, 0.2) is 5.13 Å². The van der Waals surface area contributed by atoms with Crippen molar-refractivity contribution in [3.05, 3.63) is 52.0 Å². The number of carbonyl (C=O) groups excluding carboxylic acids is 3. The van der Waals surface area contributed by atoms with Crippen molar-refractivity contribution >= 4 is 57.7 Å². The SMILES string of the molecule is Cc1ccc(NC(=O)Cc2csc(NC(=O)C3C=CC(=O)N=C3)n2)cc1Cl. The third-order valence-corrected chi connectivity index (χ3v) is 4.90. The number of halogens is 1. The molecule has 1 aromatic heterocycles. The molecule has 1 atom stereocenters. The Morgan fingerprint density at radius 2 is 2.11 bits per heavy atom. The first-order valence-electron chi connectivity index (χ1n) is 7.98. The van der Waals surface area contributed by atoms with Gasteiger partial charge in [-0.1, -0.05) is 23.7 Å².